The van der Waals surface area contributed by atoms with Gasteiger partial charge in [0.15, 0.2) is 0 Å². The molecule has 0 aliphatic heterocycles. The monoisotopic (exact) mass is 247 g/mol. The number of nitriles is 1. The Morgan fingerprint density at radius 2 is 2.06 bits per heavy atom. The van der Waals surface area contributed by atoms with Gasteiger partial charge in [-0.15, -0.1) is 0 Å². The summed E-state index contributed by atoms with van der Waals surface area (Å²) in [6, 6.07) is 9.39. The average molecular weight is 247 g/mol. The molecule has 1 aromatic rings. The molecule has 0 amide bonds. The van der Waals surface area contributed by atoms with E-state index < -0.39 is 0 Å². The number of nitrogens with one attached hydrogen (secondary N) is 2. The van der Waals surface area contributed by atoms with E-state index in [-0.39, 0.29) is 0 Å². The van der Waals surface area contributed by atoms with E-state index in [1.807, 2.05) is 30.3 Å². The fourth-order valence-electron chi connectivity index (χ4n) is 1.13. The Morgan fingerprint density at radius 3 is 2.53 bits per heavy atom. The molecule has 0 saturated heterocycles. The van der Waals surface area contributed by atoms with Gasteiger partial charge in [0.2, 0.25) is 0 Å². The molecule has 1 rings (SSSR count). The number of anilines is 1. The summed E-state index contributed by atoms with van der Waals surface area (Å²) in [5.41, 5.74) is 1.25. The lowest BCUT2D eigenvalue weighted by Crippen LogP contribution is -2.17. The number of benzene rings is 1. The molecule has 1 aromatic carbocycles. The highest BCUT2D eigenvalue weighted by Crippen LogP contribution is 2.15. The largest absolute Gasteiger partial charge is 0.497 e. The first-order valence-electron chi connectivity index (χ1n) is 4.94. The molecular formula is C12H13N3OS. The Hall–Kier alpha value is -2.06. The number of rotatable bonds is 4. The molecule has 0 unspecified atom stereocenters. The van der Waals surface area contributed by atoms with Crippen molar-refractivity contribution in [2.75, 3.05) is 19.5 Å². The van der Waals surface area contributed by atoms with Crippen LogP contribution < -0.4 is 15.4 Å². The minimum atomic E-state index is 0.387. The number of hydrogen-bond acceptors (Lipinski definition) is 4. The molecule has 0 aliphatic rings. The van der Waals surface area contributed by atoms with Gasteiger partial charge in [0, 0.05) is 18.9 Å². The van der Waals surface area contributed by atoms with Crippen LogP contribution in [0, 0.1) is 11.3 Å². The minimum Gasteiger partial charge on any atom is -0.497 e. The van der Waals surface area contributed by atoms with Crippen molar-refractivity contribution in [2.45, 2.75) is 0 Å². The summed E-state index contributed by atoms with van der Waals surface area (Å²) in [4.78, 5) is 0.411. The molecule has 5 heteroatoms. The number of likely N-dealkylation sites (N-methyl/N-ethyl adjacent to an activating group) is 1. The van der Waals surface area contributed by atoms with E-state index in [0.29, 0.717) is 10.6 Å². The Morgan fingerprint density at radius 1 is 1.41 bits per heavy atom. The smallest absolute Gasteiger partial charge is 0.119 e. The Balaban J connectivity index is 2.74. The zero-order valence-corrected chi connectivity index (χ0v) is 10.5. The molecule has 4 nitrogen and oxygen atoms in total. The molecule has 0 aromatic heterocycles. The third-order valence-electron chi connectivity index (χ3n) is 2.07. The van der Waals surface area contributed by atoms with Crippen LogP contribution in [-0.4, -0.2) is 19.1 Å². The molecule has 0 spiro atoms. The van der Waals surface area contributed by atoms with Gasteiger partial charge in [0.1, 0.15) is 22.4 Å². The van der Waals surface area contributed by atoms with Crippen molar-refractivity contribution < 1.29 is 4.74 Å². The van der Waals surface area contributed by atoms with E-state index in [4.69, 9.17) is 22.2 Å². The molecule has 2 N–H and O–H groups in total. The molecule has 88 valence electrons. The van der Waals surface area contributed by atoms with Gasteiger partial charge in [-0.05, 0) is 24.3 Å². The Kier molecular flexibility index (Phi) is 4.98. The van der Waals surface area contributed by atoms with Gasteiger partial charge in [-0.1, -0.05) is 12.2 Å². The van der Waals surface area contributed by atoms with Crippen molar-refractivity contribution in [1.29, 1.82) is 5.26 Å². The van der Waals surface area contributed by atoms with Gasteiger partial charge >= 0.3 is 0 Å². The molecule has 0 fully saturated rings. The molecule has 0 aliphatic carbocycles. The fourth-order valence-corrected chi connectivity index (χ4v) is 1.23. The molecule has 0 bridgehead atoms. The number of ether oxygens (including phenoxy) is 1. The van der Waals surface area contributed by atoms with Crippen molar-refractivity contribution in [3.05, 3.63) is 36.0 Å². The zero-order chi connectivity index (χ0) is 12.7. The highest BCUT2D eigenvalue weighted by molar-refractivity contribution is 7.80. The van der Waals surface area contributed by atoms with Gasteiger partial charge in [0.25, 0.3) is 0 Å². The summed E-state index contributed by atoms with van der Waals surface area (Å²) in [7, 11) is 3.29. The SMILES string of the molecule is CNC(=S)C(C#N)=CNc1ccc(OC)cc1. The summed E-state index contributed by atoms with van der Waals surface area (Å²) in [6.07, 6.45) is 1.57. The Bertz CT molecular complexity index is 460. The van der Waals surface area contributed by atoms with Crippen LogP contribution in [0.2, 0.25) is 0 Å². The first kappa shape index (κ1) is 13.0. The second kappa shape index (κ2) is 6.51. The predicted octanol–water partition coefficient (Wildman–Crippen LogP) is 2.06. The first-order valence-corrected chi connectivity index (χ1v) is 5.35. The lowest BCUT2D eigenvalue weighted by atomic mass is 10.3. The molecule has 0 heterocycles. The van der Waals surface area contributed by atoms with Gasteiger partial charge in [-0.25, -0.2) is 0 Å². The lowest BCUT2D eigenvalue weighted by Gasteiger charge is -2.04. The van der Waals surface area contributed by atoms with Gasteiger partial charge in [-0.3, -0.25) is 0 Å². The summed E-state index contributed by atoms with van der Waals surface area (Å²) in [5.74, 6) is 0.783. The van der Waals surface area contributed by atoms with E-state index in [0.717, 1.165) is 11.4 Å². The summed E-state index contributed by atoms with van der Waals surface area (Å²) in [6.45, 7) is 0. The molecule has 0 radical (unpaired) electrons. The molecule has 0 saturated carbocycles. The summed E-state index contributed by atoms with van der Waals surface area (Å²) < 4.78 is 5.05. The van der Waals surface area contributed by atoms with E-state index in [9.17, 15) is 0 Å². The number of thiocarbonyl (C=S) groups is 1. The van der Waals surface area contributed by atoms with E-state index >= 15 is 0 Å². The third-order valence-corrected chi connectivity index (χ3v) is 2.49. The molecule has 0 atom stereocenters. The van der Waals surface area contributed by atoms with Crippen molar-refractivity contribution in [3.63, 3.8) is 0 Å². The van der Waals surface area contributed by atoms with Crippen LogP contribution in [0.15, 0.2) is 36.0 Å². The van der Waals surface area contributed by atoms with Crippen LogP contribution >= 0.6 is 12.2 Å². The van der Waals surface area contributed by atoms with Crippen molar-refractivity contribution in [2.24, 2.45) is 0 Å². The van der Waals surface area contributed by atoms with Crippen LogP contribution in [0.4, 0.5) is 5.69 Å². The maximum atomic E-state index is 8.88. The van der Waals surface area contributed by atoms with Crippen LogP contribution in [0.3, 0.4) is 0 Å². The van der Waals surface area contributed by atoms with Crippen molar-refractivity contribution in [1.82, 2.24) is 5.32 Å². The normalized spacial score (nSPS) is 10.3. The third kappa shape index (κ3) is 3.78. The van der Waals surface area contributed by atoms with Crippen molar-refractivity contribution >= 4 is 22.9 Å². The van der Waals surface area contributed by atoms with Gasteiger partial charge in [-0.2, -0.15) is 5.26 Å². The van der Waals surface area contributed by atoms with Crippen LogP contribution in [0.25, 0.3) is 0 Å². The van der Waals surface area contributed by atoms with Gasteiger partial charge < -0.3 is 15.4 Å². The Labute approximate surface area is 106 Å². The second-order valence-corrected chi connectivity index (χ2v) is 3.53. The maximum Gasteiger partial charge on any atom is 0.119 e. The van der Waals surface area contributed by atoms with Crippen LogP contribution in [-0.2, 0) is 0 Å². The second-order valence-electron chi connectivity index (χ2n) is 3.12. The number of methoxy groups -OCH3 is 1. The first-order chi connectivity index (χ1) is 8.21. The highest BCUT2D eigenvalue weighted by Gasteiger charge is 2.00. The molecular weight excluding hydrogens is 234 g/mol. The van der Waals surface area contributed by atoms with E-state index in [2.05, 4.69) is 10.6 Å². The average Bonchev–Trinajstić information content (AvgIpc) is 2.39. The van der Waals surface area contributed by atoms with E-state index in [1.165, 1.54) is 0 Å². The van der Waals surface area contributed by atoms with Crippen molar-refractivity contribution in [3.8, 4) is 11.8 Å². The topological polar surface area (TPSA) is 57.1 Å². The minimum absolute atomic E-state index is 0.387. The summed E-state index contributed by atoms with van der Waals surface area (Å²) >= 11 is 4.97. The fraction of sp³-hybridized carbons (Fsp3) is 0.167. The van der Waals surface area contributed by atoms with Gasteiger partial charge in [0.05, 0.1) is 7.11 Å². The predicted molar refractivity (Wildman–Crippen MR) is 72.0 cm³/mol. The lowest BCUT2D eigenvalue weighted by molar-refractivity contribution is 0.415. The zero-order valence-electron chi connectivity index (χ0n) is 9.65. The number of hydrogen-bond donors (Lipinski definition) is 2. The van der Waals surface area contributed by atoms with Crippen LogP contribution in [0.1, 0.15) is 0 Å². The van der Waals surface area contributed by atoms with E-state index in [1.54, 1.807) is 20.4 Å². The van der Waals surface area contributed by atoms with Crippen LogP contribution in [0.5, 0.6) is 5.75 Å². The summed E-state index contributed by atoms with van der Waals surface area (Å²) in [5, 5.41) is 14.6. The highest BCUT2D eigenvalue weighted by atomic mass is 32.1. The quantitative estimate of drug-likeness (QED) is 0.484. The maximum absolute atomic E-state index is 8.88. The number of nitrogens with zero attached hydrogens (tertiary/aromatic N) is 1. The molecule has 17 heavy (non-hydrogen) atoms. The standard InChI is InChI=1S/C12H13N3OS/c1-14-12(17)9(7-13)8-15-10-3-5-11(16-2)6-4-10/h3-6,8,15H,1-2H3,(H,14,17).